The molecule has 8 nitrogen and oxygen atoms in total. The predicted molar refractivity (Wildman–Crippen MR) is 60.7 cm³/mol. The highest BCUT2D eigenvalue weighted by atomic mass is 16.5. The van der Waals surface area contributed by atoms with Crippen LogP contribution in [0.4, 0.5) is 4.79 Å². The number of amides is 3. The lowest BCUT2D eigenvalue weighted by molar-refractivity contribution is -0.146. The van der Waals surface area contributed by atoms with E-state index in [0.29, 0.717) is 0 Å². The number of esters is 1. The number of likely N-dealkylation sites (N-methyl/N-ethyl adjacent to an activating group) is 1. The van der Waals surface area contributed by atoms with Gasteiger partial charge in [0, 0.05) is 7.05 Å². The summed E-state index contributed by atoms with van der Waals surface area (Å²) in [5.41, 5.74) is 0. The molecule has 0 aliphatic carbocycles. The number of carbonyl (C=O) groups is 3. The van der Waals surface area contributed by atoms with E-state index in [9.17, 15) is 14.4 Å². The molecule has 0 aromatic carbocycles. The first kappa shape index (κ1) is 12.3. The van der Waals surface area contributed by atoms with Gasteiger partial charge in [0.1, 0.15) is 6.04 Å². The zero-order valence-corrected chi connectivity index (χ0v) is 10.3. The molecule has 3 unspecified atom stereocenters. The topological polar surface area (TPSA) is 91.3 Å². The fraction of sp³-hybridized carbons (Fsp3) is 0.600. The largest absolute Gasteiger partial charge is 0.467 e. The third-order valence-electron chi connectivity index (χ3n) is 3.13. The van der Waals surface area contributed by atoms with Crippen molar-refractivity contribution in [2.24, 2.45) is 4.99 Å². The summed E-state index contributed by atoms with van der Waals surface area (Å²) in [6, 6.07) is -1.83. The molecule has 0 bridgehead atoms. The van der Waals surface area contributed by atoms with Crippen LogP contribution in [0.15, 0.2) is 4.99 Å². The Bertz CT molecular complexity index is 436. The molecule has 0 radical (unpaired) electrons. The SMILES string of the molecule is COC(=O)C(C)N1C=NC2NC(=O)N(C)C(=O)C21. The zero-order valence-electron chi connectivity index (χ0n) is 10.3. The molecule has 2 aliphatic heterocycles. The smallest absolute Gasteiger partial charge is 0.328 e. The van der Waals surface area contributed by atoms with Crippen molar-refractivity contribution in [2.45, 2.75) is 25.2 Å². The number of hydrogen-bond acceptors (Lipinski definition) is 6. The molecular weight excluding hydrogens is 240 g/mol. The summed E-state index contributed by atoms with van der Waals surface area (Å²) in [5, 5.41) is 2.57. The lowest BCUT2D eigenvalue weighted by Gasteiger charge is -2.36. The van der Waals surface area contributed by atoms with Gasteiger partial charge in [-0.3, -0.25) is 9.69 Å². The molecule has 0 aromatic heterocycles. The maximum absolute atomic E-state index is 12.0. The van der Waals surface area contributed by atoms with Crippen molar-refractivity contribution in [3.05, 3.63) is 0 Å². The summed E-state index contributed by atoms with van der Waals surface area (Å²) >= 11 is 0. The fourth-order valence-corrected chi connectivity index (χ4v) is 2.00. The second-order valence-corrected chi connectivity index (χ2v) is 4.15. The van der Waals surface area contributed by atoms with Crippen LogP contribution in [-0.4, -0.2) is 66.5 Å². The van der Waals surface area contributed by atoms with Crippen molar-refractivity contribution in [3.63, 3.8) is 0 Å². The van der Waals surface area contributed by atoms with Gasteiger partial charge >= 0.3 is 12.0 Å². The van der Waals surface area contributed by atoms with Crippen LogP contribution in [-0.2, 0) is 14.3 Å². The van der Waals surface area contributed by atoms with Gasteiger partial charge in [-0.25, -0.2) is 14.6 Å². The molecule has 18 heavy (non-hydrogen) atoms. The average molecular weight is 254 g/mol. The maximum atomic E-state index is 12.0. The standard InChI is InChI=1S/C10H14N4O4/c1-5(9(16)18-3)14-4-11-7-6(14)8(15)13(2)10(17)12-7/h4-7H,1-3H3,(H,12,17). The minimum Gasteiger partial charge on any atom is -0.467 e. The molecule has 3 atom stereocenters. The molecule has 2 rings (SSSR count). The van der Waals surface area contributed by atoms with Crippen LogP contribution in [0.25, 0.3) is 0 Å². The van der Waals surface area contributed by atoms with Crippen LogP contribution >= 0.6 is 0 Å². The van der Waals surface area contributed by atoms with E-state index in [1.165, 1.54) is 25.4 Å². The number of fused-ring (bicyclic) bond motifs is 1. The van der Waals surface area contributed by atoms with Crippen molar-refractivity contribution < 1.29 is 19.1 Å². The number of rotatable bonds is 2. The quantitative estimate of drug-likeness (QED) is 0.623. The van der Waals surface area contributed by atoms with Crippen LogP contribution in [0.5, 0.6) is 0 Å². The molecule has 98 valence electrons. The molecule has 2 aliphatic rings. The van der Waals surface area contributed by atoms with Gasteiger partial charge in [0.15, 0.2) is 12.2 Å². The number of carbonyl (C=O) groups excluding carboxylic acids is 3. The zero-order chi connectivity index (χ0) is 13.4. The molecule has 1 saturated heterocycles. The monoisotopic (exact) mass is 254 g/mol. The molecule has 0 aromatic rings. The van der Waals surface area contributed by atoms with Crippen LogP contribution in [0.2, 0.25) is 0 Å². The summed E-state index contributed by atoms with van der Waals surface area (Å²) in [6.45, 7) is 1.62. The fourth-order valence-electron chi connectivity index (χ4n) is 2.00. The van der Waals surface area contributed by atoms with E-state index in [0.717, 1.165) is 4.90 Å². The molecule has 0 saturated carbocycles. The molecule has 8 heteroatoms. The molecule has 1 fully saturated rings. The van der Waals surface area contributed by atoms with Crippen molar-refractivity contribution in [1.82, 2.24) is 15.1 Å². The summed E-state index contributed by atoms with van der Waals surface area (Å²) in [7, 11) is 2.66. The van der Waals surface area contributed by atoms with Crippen molar-refractivity contribution in [3.8, 4) is 0 Å². The Labute approximate surface area is 104 Å². The summed E-state index contributed by atoms with van der Waals surface area (Å²) in [6.07, 6.45) is 0.752. The number of hydrogen-bond donors (Lipinski definition) is 1. The summed E-state index contributed by atoms with van der Waals surface area (Å²) in [4.78, 5) is 41.4. The van der Waals surface area contributed by atoms with E-state index in [1.54, 1.807) is 6.92 Å². The molecule has 3 amide bonds. The first-order chi connectivity index (χ1) is 8.47. The summed E-state index contributed by atoms with van der Waals surface area (Å²) in [5.74, 6) is -0.855. The van der Waals surface area contributed by atoms with Crippen molar-refractivity contribution >= 4 is 24.2 Å². The van der Waals surface area contributed by atoms with Crippen LogP contribution in [0.1, 0.15) is 6.92 Å². The Morgan fingerprint density at radius 2 is 2.22 bits per heavy atom. The number of methoxy groups -OCH3 is 1. The summed E-state index contributed by atoms with van der Waals surface area (Å²) < 4.78 is 4.63. The van der Waals surface area contributed by atoms with Gasteiger partial charge in [0.05, 0.1) is 13.4 Å². The van der Waals surface area contributed by atoms with E-state index in [2.05, 4.69) is 15.0 Å². The molecule has 1 N–H and O–H groups in total. The lowest BCUT2D eigenvalue weighted by atomic mass is 10.1. The van der Waals surface area contributed by atoms with Crippen LogP contribution < -0.4 is 5.32 Å². The second kappa shape index (κ2) is 4.28. The highest BCUT2D eigenvalue weighted by molar-refractivity contribution is 6.02. The minimum atomic E-state index is -0.693. The molecule has 0 spiro atoms. The van der Waals surface area contributed by atoms with Gasteiger partial charge in [-0.15, -0.1) is 0 Å². The number of ether oxygens (including phenoxy) is 1. The van der Waals surface area contributed by atoms with E-state index in [-0.39, 0.29) is 0 Å². The number of urea groups is 1. The Morgan fingerprint density at radius 1 is 1.56 bits per heavy atom. The van der Waals surface area contributed by atoms with Gasteiger partial charge < -0.3 is 15.0 Å². The highest BCUT2D eigenvalue weighted by Crippen LogP contribution is 2.21. The normalized spacial score (nSPS) is 27.9. The molecular formula is C10H14N4O4. The molecule has 2 heterocycles. The lowest BCUT2D eigenvalue weighted by Crippen LogP contribution is -2.64. The Hall–Kier alpha value is -2.12. The van der Waals surface area contributed by atoms with Gasteiger partial charge in [-0.1, -0.05) is 0 Å². The van der Waals surface area contributed by atoms with E-state index < -0.39 is 36.2 Å². The highest BCUT2D eigenvalue weighted by Gasteiger charge is 2.47. The number of aliphatic imine (C=N–C) groups is 1. The Kier molecular flexibility index (Phi) is 2.93. The van der Waals surface area contributed by atoms with E-state index in [1.807, 2.05) is 0 Å². The van der Waals surface area contributed by atoms with Gasteiger partial charge in [0.2, 0.25) is 0 Å². The minimum absolute atomic E-state index is 0.392. The first-order valence-corrected chi connectivity index (χ1v) is 5.44. The third kappa shape index (κ3) is 1.69. The van der Waals surface area contributed by atoms with Crippen molar-refractivity contribution in [2.75, 3.05) is 14.2 Å². The third-order valence-corrected chi connectivity index (χ3v) is 3.13. The predicted octanol–water partition coefficient (Wildman–Crippen LogP) is -1.23. The Morgan fingerprint density at radius 3 is 2.83 bits per heavy atom. The van der Waals surface area contributed by atoms with Crippen LogP contribution in [0, 0.1) is 0 Å². The number of nitrogens with zero attached hydrogens (tertiary/aromatic N) is 3. The van der Waals surface area contributed by atoms with E-state index in [4.69, 9.17) is 0 Å². The maximum Gasteiger partial charge on any atom is 0.328 e. The van der Waals surface area contributed by atoms with Crippen molar-refractivity contribution in [1.29, 1.82) is 0 Å². The van der Waals surface area contributed by atoms with Gasteiger partial charge in [0.25, 0.3) is 5.91 Å². The second-order valence-electron chi connectivity index (χ2n) is 4.15. The average Bonchev–Trinajstić information content (AvgIpc) is 2.77. The number of nitrogens with one attached hydrogen (secondary N) is 1. The van der Waals surface area contributed by atoms with Crippen LogP contribution in [0.3, 0.4) is 0 Å². The van der Waals surface area contributed by atoms with E-state index >= 15 is 0 Å². The first-order valence-electron chi connectivity index (χ1n) is 5.44. The van der Waals surface area contributed by atoms with Gasteiger partial charge in [-0.05, 0) is 6.92 Å². The van der Waals surface area contributed by atoms with Gasteiger partial charge in [-0.2, -0.15) is 0 Å². The number of imide groups is 1. The Balaban J connectivity index is 2.22.